The number of esters is 1. The molecule has 0 aromatic heterocycles. The zero-order chi connectivity index (χ0) is 21.5. The molecule has 3 amide bonds. The van der Waals surface area contributed by atoms with E-state index in [-0.39, 0.29) is 18.6 Å². The summed E-state index contributed by atoms with van der Waals surface area (Å²) in [5.74, 6) is -0.917. The number of carbonyl (C=O) groups excluding carboxylic acids is 4. The highest BCUT2D eigenvalue weighted by Crippen LogP contribution is 2.15. The van der Waals surface area contributed by atoms with E-state index in [4.69, 9.17) is 9.47 Å². The highest BCUT2D eigenvalue weighted by molar-refractivity contribution is 5.98. The lowest BCUT2D eigenvalue weighted by atomic mass is 10.1. The summed E-state index contributed by atoms with van der Waals surface area (Å²) in [4.78, 5) is 46.7. The number of urea groups is 1. The number of amides is 3. The van der Waals surface area contributed by atoms with Crippen LogP contribution in [-0.4, -0.2) is 43.4 Å². The first-order valence-corrected chi connectivity index (χ1v) is 9.95. The van der Waals surface area contributed by atoms with E-state index in [0.29, 0.717) is 24.5 Å². The number of hydrogen-bond acceptors (Lipinski definition) is 6. The molecule has 0 radical (unpaired) electrons. The van der Waals surface area contributed by atoms with Crippen molar-refractivity contribution < 1.29 is 28.7 Å². The maximum atomic E-state index is 12.2. The third-order valence-corrected chi connectivity index (χ3v) is 3.90. The molecule has 0 aliphatic rings. The van der Waals surface area contributed by atoms with E-state index < -0.39 is 24.5 Å². The first kappa shape index (κ1) is 24.1. The minimum atomic E-state index is -0.729. The summed E-state index contributed by atoms with van der Waals surface area (Å²) in [6.07, 6.45) is 3.77. The van der Waals surface area contributed by atoms with Crippen molar-refractivity contribution >= 4 is 23.7 Å². The van der Waals surface area contributed by atoms with E-state index in [2.05, 4.69) is 12.2 Å². The Bertz CT molecular complexity index is 672. The first-order chi connectivity index (χ1) is 14.0. The van der Waals surface area contributed by atoms with Gasteiger partial charge in [0, 0.05) is 18.5 Å². The summed E-state index contributed by atoms with van der Waals surface area (Å²) in [7, 11) is 0. The molecule has 160 valence electrons. The fourth-order valence-electron chi connectivity index (χ4n) is 2.30. The molecule has 1 aromatic carbocycles. The van der Waals surface area contributed by atoms with Crippen LogP contribution in [0.15, 0.2) is 24.3 Å². The van der Waals surface area contributed by atoms with Crippen molar-refractivity contribution in [3.05, 3.63) is 29.8 Å². The Morgan fingerprint density at radius 1 is 0.931 bits per heavy atom. The summed E-state index contributed by atoms with van der Waals surface area (Å²) in [5, 5.41) is 4.51. The number of ketones is 1. The smallest absolute Gasteiger partial charge is 0.321 e. The molecule has 0 heterocycles. The van der Waals surface area contributed by atoms with Crippen LogP contribution < -0.4 is 15.4 Å². The Hall–Kier alpha value is -2.90. The second-order valence-corrected chi connectivity index (χ2v) is 6.47. The molecular formula is C21H30N2O6. The first-order valence-electron chi connectivity index (χ1n) is 9.95. The molecule has 0 bridgehead atoms. The number of carbonyl (C=O) groups is 4. The summed E-state index contributed by atoms with van der Waals surface area (Å²) in [6, 6.07) is 6.13. The molecule has 0 aliphatic heterocycles. The van der Waals surface area contributed by atoms with Gasteiger partial charge in [0.25, 0.3) is 5.91 Å². The van der Waals surface area contributed by atoms with Crippen molar-refractivity contribution in [2.45, 2.75) is 52.4 Å². The lowest BCUT2D eigenvalue weighted by molar-refractivity contribution is -0.148. The molecule has 1 aromatic rings. The van der Waals surface area contributed by atoms with E-state index in [9.17, 15) is 19.2 Å². The quantitative estimate of drug-likeness (QED) is 0.296. The van der Waals surface area contributed by atoms with Crippen molar-refractivity contribution in [3.8, 4) is 5.75 Å². The highest BCUT2D eigenvalue weighted by Gasteiger charge is 2.13. The zero-order valence-corrected chi connectivity index (χ0v) is 17.1. The number of ether oxygens (including phenoxy) is 2. The Morgan fingerprint density at radius 3 is 2.31 bits per heavy atom. The van der Waals surface area contributed by atoms with Gasteiger partial charge in [0.15, 0.2) is 12.4 Å². The molecule has 8 nitrogen and oxygen atoms in total. The van der Waals surface area contributed by atoms with Crippen LogP contribution in [-0.2, 0) is 14.3 Å². The minimum Gasteiger partial charge on any atom is -0.494 e. The Kier molecular flexibility index (Phi) is 11.8. The molecule has 0 saturated carbocycles. The molecule has 29 heavy (non-hydrogen) atoms. The SMILES string of the molecule is CCCCCOc1ccc(C(=O)CCC(=O)OCC(=O)NC(=O)NCCC)cc1. The summed E-state index contributed by atoms with van der Waals surface area (Å²) >= 11 is 0. The summed E-state index contributed by atoms with van der Waals surface area (Å²) in [6.45, 7) is 4.50. The van der Waals surface area contributed by atoms with Crippen LogP contribution in [0.5, 0.6) is 5.75 Å². The van der Waals surface area contributed by atoms with Gasteiger partial charge in [-0.15, -0.1) is 0 Å². The molecular weight excluding hydrogens is 376 g/mol. The monoisotopic (exact) mass is 406 g/mol. The van der Waals surface area contributed by atoms with Crippen LogP contribution in [0, 0.1) is 0 Å². The van der Waals surface area contributed by atoms with E-state index >= 15 is 0 Å². The highest BCUT2D eigenvalue weighted by atomic mass is 16.5. The Labute approximate surface area is 171 Å². The Balaban J connectivity index is 2.28. The van der Waals surface area contributed by atoms with Crippen molar-refractivity contribution in [3.63, 3.8) is 0 Å². The van der Waals surface area contributed by atoms with Gasteiger partial charge in [0.2, 0.25) is 0 Å². The standard InChI is InChI=1S/C21H30N2O6/c1-3-5-6-14-28-17-9-7-16(8-10-17)18(24)11-12-20(26)29-15-19(25)23-21(27)22-13-4-2/h7-10H,3-6,11-15H2,1-2H3,(H2,22,23,25,27). The Morgan fingerprint density at radius 2 is 1.66 bits per heavy atom. The molecule has 0 aliphatic carbocycles. The number of imide groups is 1. The largest absolute Gasteiger partial charge is 0.494 e. The van der Waals surface area contributed by atoms with Gasteiger partial charge in [-0.1, -0.05) is 26.7 Å². The molecule has 0 atom stereocenters. The molecule has 0 fully saturated rings. The van der Waals surface area contributed by atoms with E-state index in [1.165, 1.54) is 0 Å². The van der Waals surface area contributed by atoms with Crippen LogP contribution in [0.25, 0.3) is 0 Å². The van der Waals surface area contributed by atoms with E-state index in [1.54, 1.807) is 24.3 Å². The van der Waals surface area contributed by atoms with Crippen LogP contribution in [0.2, 0.25) is 0 Å². The summed E-state index contributed by atoms with van der Waals surface area (Å²) < 4.78 is 10.4. The number of hydrogen-bond donors (Lipinski definition) is 2. The lowest BCUT2D eigenvalue weighted by Gasteiger charge is -2.07. The molecule has 0 saturated heterocycles. The van der Waals surface area contributed by atoms with Gasteiger partial charge in [0.05, 0.1) is 13.0 Å². The third kappa shape index (κ3) is 10.9. The van der Waals surface area contributed by atoms with Gasteiger partial charge < -0.3 is 14.8 Å². The third-order valence-electron chi connectivity index (χ3n) is 3.90. The average Bonchev–Trinajstić information content (AvgIpc) is 2.72. The topological polar surface area (TPSA) is 111 Å². The molecule has 1 rings (SSSR count). The van der Waals surface area contributed by atoms with Gasteiger partial charge in [-0.05, 0) is 37.1 Å². The molecule has 0 spiro atoms. The van der Waals surface area contributed by atoms with Gasteiger partial charge in [0.1, 0.15) is 5.75 Å². The molecule has 2 N–H and O–H groups in total. The maximum Gasteiger partial charge on any atom is 0.321 e. The van der Waals surface area contributed by atoms with Crippen molar-refractivity contribution in [2.24, 2.45) is 0 Å². The molecule has 8 heteroatoms. The van der Waals surface area contributed by atoms with Gasteiger partial charge in [-0.2, -0.15) is 0 Å². The number of benzene rings is 1. The number of Topliss-reactive ketones (excluding diaryl/α,β-unsaturated/α-hetero) is 1. The zero-order valence-electron chi connectivity index (χ0n) is 17.1. The predicted octanol–water partition coefficient (Wildman–Crippen LogP) is 3.00. The van der Waals surface area contributed by atoms with Crippen LogP contribution in [0.3, 0.4) is 0 Å². The number of nitrogens with one attached hydrogen (secondary N) is 2. The van der Waals surface area contributed by atoms with Crippen LogP contribution in [0.4, 0.5) is 4.79 Å². The fourth-order valence-corrected chi connectivity index (χ4v) is 2.30. The predicted molar refractivity (Wildman–Crippen MR) is 108 cm³/mol. The van der Waals surface area contributed by atoms with Crippen molar-refractivity contribution in [1.82, 2.24) is 10.6 Å². The van der Waals surface area contributed by atoms with Crippen molar-refractivity contribution in [1.29, 1.82) is 0 Å². The van der Waals surface area contributed by atoms with Gasteiger partial charge >= 0.3 is 12.0 Å². The van der Waals surface area contributed by atoms with E-state index in [0.717, 1.165) is 25.7 Å². The number of unbranched alkanes of at least 4 members (excludes halogenated alkanes) is 2. The molecule has 0 unspecified atom stereocenters. The summed E-state index contributed by atoms with van der Waals surface area (Å²) in [5.41, 5.74) is 0.476. The maximum absolute atomic E-state index is 12.2. The van der Waals surface area contributed by atoms with Crippen LogP contribution >= 0.6 is 0 Å². The second-order valence-electron chi connectivity index (χ2n) is 6.47. The lowest BCUT2D eigenvalue weighted by Crippen LogP contribution is -2.41. The normalized spacial score (nSPS) is 10.1. The van der Waals surface area contributed by atoms with Gasteiger partial charge in [-0.3, -0.25) is 19.7 Å². The van der Waals surface area contributed by atoms with E-state index in [1.807, 2.05) is 12.2 Å². The number of rotatable bonds is 13. The van der Waals surface area contributed by atoms with Gasteiger partial charge in [-0.25, -0.2) is 4.79 Å². The van der Waals surface area contributed by atoms with Crippen LogP contribution in [0.1, 0.15) is 62.7 Å². The second kappa shape index (κ2) is 14.1. The van der Waals surface area contributed by atoms with Crippen molar-refractivity contribution in [2.75, 3.05) is 19.8 Å². The minimum absolute atomic E-state index is 0.0336. The fraction of sp³-hybridized carbons (Fsp3) is 0.524. The average molecular weight is 406 g/mol.